The van der Waals surface area contributed by atoms with E-state index in [9.17, 15) is 9.59 Å². The normalized spacial score (nSPS) is 27.5. The second kappa shape index (κ2) is 10.4. The standard InChI is InChI=1S/C16H30N4O2.2ClH/c1-10(2)15(17)16(22)18-9-14(21)19-11-7-12-5-4-6-13(8-11)20(12)3;;/h10-13,15H,4-9,17H2,1-3H3,(H,18,22)(H,19,21);2*1H/t11?,12?,13?,15-;;/m0../s1. The van der Waals surface area contributed by atoms with Crippen LogP contribution in [0.4, 0.5) is 0 Å². The summed E-state index contributed by atoms with van der Waals surface area (Å²) < 4.78 is 0. The van der Waals surface area contributed by atoms with E-state index in [1.165, 1.54) is 19.3 Å². The Balaban J connectivity index is 0.00000264. The summed E-state index contributed by atoms with van der Waals surface area (Å²) in [7, 11) is 2.19. The van der Waals surface area contributed by atoms with Crippen LogP contribution in [0.5, 0.6) is 0 Å². The second-order valence-corrected chi connectivity index (χ2v) is 7.13. The van der Waals surface area contributed by atoms with Gasteiger partial charge in [-0.1, -0.05) is 20.3 Å². The van der Waals surface area contributed by atoms with Gasteiger partial charge in [0.25, 0.3) is 0 Å². The molecule has 0 radical (unpaired) electrons. The molecule has 3 atom stereocenters. The minimum Gasteiger partial charge on any atom is -0.352 e. The van der Waals surface area contributed by atoms with E-state index in [0.717, 1.165) is 12.8 Å². The van der Waals surface area contributed by atoms with Crippen LogP contribution in [0.15, 0.2) is 0 Å². The highest BCUT2D eigenvalue weighted by Crippen LogP contribution is 2.32. The molecule has 8 heteroatoms. The fraction of sp³-hybridized carbons (Fsp3) is 0.875. The van der Waals surface area contributed by atoms with Gasteiger partial charge in [0.1, 0.15) is 0 Å². The lowest BCUT2D eigenvalue weighted by molar-refractivity contribution is -0.128. The van der Waals surface area contributed by atoms with Crippen LogP contribution in [-0.4, -0.2) is 54.5 Å². The molecule has 142 valence electrons. The van der Waals surface area contributed by atoms with Crippen LogP contribution in [0.1, 0.15) is 46.0 Å². The van der Waals surface area contributed by atoms with Crippen LogP contribution >= 0.6 is 24.8 Å². The SMILES string of the molecule is CC(C)[C@H](N)C(=O)NCC(=O)NC1CC2CCCC(C1)N2C.Cl.Cl. The first-order valence-corrected chi connectivity index (χ1v) is 8.43. The van der Waals surface area contributed by atoms with E-state index in [1.54, 1.807) is 0 Å². The highest BCUT2D eigenvalue weighted by Gasteiger charge is 2.36. The van der Waals surface area contributed by atoms with Crippen LogP contribution in [0.3, 0.4) is 0 Å². The number of nitrogens with two attached hydrogens (primary N) is 1. The average Bonchev–Trinajstić information content (AvgIpc) is 2.45. The molecule has 0 aromatic rings. The van der Waals surface area contributed by atoms with Crippen LogP contribution < -0.4 is 16.4 Å². The Hall–Kier alpha value is -0.560. The predicted molar refractivity (Wildman–Crippen MR) is 101 cm³/mol. The zero-order valence-corrected chi connectivity index (χ0v) is 16.4. The smallest absolute Gasteiger partial charge is 0.239 e. The first-order valence-electron chi connectivity index (χ1n) is 8.43. The number of carbonyl (C=O) groups excluding carboxylic acids is 2. The molecule has 2 amide bonds. The van der Waals surface area contributed by atoms with Crippen LogP contribution in [0.2, 0.25) is 0 Å². The molecule has 6 nitrogen and oxygen atoms in total. The lowest BCUT2D eigenvalue weighted by Crippen LogP contribution is -2.56. The van der Waals surface area contributed by atoms with Gasteiger partial charge in [-0.25, -0.2) is 0 Å². The van der Waals surface area contributed by atoms with E-state index < -0.39 is 6.04 Å². The Morgan fingerprint density at radius 1 is 1.17 bits per heavy atom. The highest BCUT2D eigenvalue weighted by atomic mass is 35.5. The Morgan fingerprint density at radius 3 is 2.21 bits per heavy atom. The van der Waals surface area contributed by atoms with Crippen molar-refractivity contribution < 1.29 is 9.59 Å². The van der Waals surface area contributed by atoms with Crippen molar-refractivity contribution in [2.75, 3.05) is 13.6 Å². The van der Waals surface area contributed by atoms with Crippen molar-refractivity contribution >= 4 is 36.6 Å². The van der Waals surface area contributed by atoms with Gasteiger partial charge < -0.3 is 21.3 Å². The van der Waals surface area contributed by atoms with E-state index >= 15 is 0 Å². The Labute approximate surface area is 157 Å². The zero-order chi connectivity index (χ0) is 16.3. The van der Waals surface area contributed by atoms with Gasteiger partial charge in [0.2, 0.25) is 11.8 Å². The zero-order valence-electron chi connectivity index (χ0n) is 14.8. The van der Waals surface area contributed by atoms with E-state index in [1.807, 2.05) is 13.8 Å². The number of nitrogens with zero attached hydrogens (tertiary/aromatic N) is 1. The van der Waals surface area contributed by atoms with Gasteiger partial charge in [-0.3, -0.25) is 9.59 Å². The topological polar surface area (TPSA) is 87.5 Å². The van der Waals surface area contributed by atoms with Crippen molar-refractivity contribution in [3.8, 4) is 0 Å². The molecule has 4 N–H and O–H groups in total. The Morgan fingerprint density at radius 2 is 1.71 bits per heavy atom. The maximum Gasteiger partial charge on any atom is 0.239 e. The number of rotatable bonds is 5. The number of amides is 2. The van der Waals surface area contributed by atoms with Gasteiger partial charge in [-0.2, -0.15) is 0 Å². The molecule has 2 rings (SSSR count). The quantitative estimate of drug-likeness (QED) is 0.663. The van der Waals surface area contributed by atoms with Gasteiger partial charge in [0.15, 0.2) is 0 Å². The fourth-order valence-corrected chi connectivity index (χ4v) is 3.60. The van der Waals surface area contributed by atoms with Gasteiger partial charge >= 0.3 is 0 Å². The van der Waals surface area contributed by atoms with Crippen molar-refractivity contribution in [1.29, 1.82) is 0 Å². The van der Waals surface area contributed by atoms with E-state index in [-0.39, 0.29) is 55.1 Å². The average molecular weight is 383 g/mol. The summed E-state index contributed by atoms with van der Waals surface area (Å²) in [6.45, 7) is 3.80. The third-order valence-electron chi connectivity index (χ3n) is 5.15. The molecule has 2 aliphatic heterocycles. The molecule has 0 aromatic heterocycles. The lowest BCUT2D eigenvalue weighted by atomic mass is 9.82. The predicted octanol–water partition coefficient (Wildman–Crippen LogP) is 1.06. The monoisotopic (exact) mass is 382 g/mol. The second-order valence-electron chi connectivity index (χ2n) is 7.13. The summed E-state index contributed by atoms with van der Waals surface area (Å²) in [5.74, 6) is -0.307. The molecule has 0 aromatic carbocycles. The van der Waals surface area contributed by atoms with E-state index in [4.69, 9.17) is 5.73 Å². The van der Waals surface area contributed by atoms with E-state index in [0.29, 0.717) is 12.1 Å². The molecule has 0 saturated carbocycles. The number of halogens is 2. The van der Waals surface area contributed by atoms with Crippen molar-refractivity contribution in [1.82, 2.24) is 15.5 Å². The molecule has 2 fully saturated rings. The minimum atomic E-state index is -0.560. The number of piperidine rings is 2. The van der Waals surface area contributed by atoms with Crippen molar-refractivity contribution in [2.45, 2.75) is 70.1 Å². The first-order chi connectivity index (χ1) is 10.4. The Kier molecular flexibility index (Phi) is 10.2. The summed E-state index contributed by atoms with van der Waals surface area (Å²) >= 11 is 0. The molecule has 2 bridgehead atoms. The van der Waals surface area contributed by atoms with Gasteiger partial charge in [-0.15, -0.1) is 24.8 Å². The maximum absolute atomic E-state index is 12.0. The summed E-state index contributed by atoms with van der Waals surface area (Å²) in [4.78, 5) is 26.3. The first kappa shape index (κ1) is 23.4. The van der Waals surface area contributed by atoms with Crippen molar-refractivity contribution in [2.24, 2.45) is 11.7 Å². The Bertz CT molecular complexity index is 409. The molecular formula is C16H32Cl2N4O2. The van der Waals surface area contributed by atoms with E-state index in [2.05, 4.69) is 22.6 Å². The molecule has 0 aliphatic carbocycles. The molecule has 2 unspecified atom stereocenters. The summed E-state index contributed by atoms with van der Waals surface area (Å²) in [6.07, 6.45) is 5.76. The number of hydrogen-bond acceptors (Lipinski definition) is 4. The maximum atomic E-state index is 12.0. The summed E-state index contributed by atoms with van der Waals surface area (Å²) in [5.41, 5.74) is 5.76. The number of fused-ring (bicyclic) bond motifs is 2. The van der Waals surface area contributed by atoms with Gasteiger partial charge in [0, 0.05) is 18.1 Å². The summed E-state index contributed by atoms with van der Waals surface area (Å²) in [6, 6.07) is 0.841. The van der Waals surface area contributed by atoms with Crippen LogP contribution in [-0.2, 0) is 9.59 Å². The summed E-state index contributed by atoms with van der Waals surface area (Å²) in [5, 5.41) is 5.70. The van der Waals surface area contributed by atoms with Crippen LogP contribution in [0.25, 0.3) is 0 Å². The highest BCUT2D eigenvalue weighted by molar-refractivity contribution is 5.87. The van der Waals surface area contributed by atoms with Crippen molar-refractivity contribution in [3.63, 3.8) is 0 Å². The molecule has 0 spiro atoms. The molecule has 2 saturated heterocycles. The molecule has 24 heavy (non-hydrogen) atoms. The molecule has 2 heterocycles. The van der Waals surface area contributed by atoms with Crippen LogP contribution in [0, 0.1) is 5.92 Å². The third kappa shape index (κ3) is 6.06. The number of carbonyl (C=O) groups is 2. The van der Waals surface area contributed by atoms with Gasteiger partial charge in [0.05, 0.1) is 12.6 Å². The lowest BCUT2D eigenvalue weighted by Gasteiger charge is -2.47. The molecule has 2 aliphatic rings. The third-order valence-corrected chi connectivity index (χ3v) is 5.15. The van der Waals surface area contributed by atoms with Crippen molar-refractivity contribution in [3.05, 3.63) is 0 Å². The number of nitrogens with one attached hydrogen (secondary N) is 2. The molecular weight excluding hydrogens is 351 g/mol. The number of hydrogen-bond donors (Lipinski definition) is 3. The van der Waals surface area contributed by atoms with Gasteiger partial charge in [-0.05, 0) is 38.6 Å². The largest absolute Gasteiger partial charge is 0.352 e. The minimum absolute atomic E-state index is 0. The fourth-order valence-electron chi connectivity index (χ4n) is 3.60.